The van der Waals surface area contributed by atoms with E-state index >= 15 is 0 Å². The minimum atomic E-state index is -0.626. The minimum absolute atomic E-state index is 0.103. The maximum absolute atomic E-state index is 13.7. The third kappa shape index (κ3) is 2.62. The first-order valence-electron chi connectivity index (χ1n) is 6.44. The van der Waals surface area contributed by atoms with E-state index in [9.17, 15) is 9.18 Å². The van der Waals surface area contributed by atoms with Crippen molar-refractivity contribution in [3.05, 3.63) is 70.6 Å². The number of H-pyrrole nitrogens is 1. The fourth-order valence-corrected chi connectivity index (χ4v) is 2.51. The Labute approximate surface area is 125 Å². The second kappa shape index (κ2) is 5.58. The molecule has 0 aliphatic rings. The molecule has 106 valence electrons. The summed E-state index contributed by atoms with van der Waals surface area (Å²) in [5.74, 6) is -1.15. The molecule has 1 aromatic heterocycles. The van der Waals surface area contributed by atoms with Crippen molar-refractivity contribution >= 4 is 28.4 Å². The van der Waals surface area contributed by atoms with E-state index in [1.54, 1.807) is 0 Å². The van der Waals surface area contributed by atoms with Gasteiger partial charge in [-0.3, -0.25) is 4.79 Å². The molecule has 0 saturated heterocycles. The molecule has 1 heterocycles. The zero-order chi connectivity index (χ0) is 14.8. The summed E-state index contributed by atoms with van der Waals surface area (Å²) >= 11 is 5.87. The number of benzene rings is 2. The summed E-state index contributed by atoms with van der Waals surface area (Å²) in [5, 5.41) is 3.82. The van der Waals surface area contributed by atoms with Crippen molar-refractivity contribution in [3.63, 3.8) is 0 Å². The van der Waals surface area contributed by atoms with Crippen LogP contribution >= 0.6 is 11.6 Å². The van der Waals surface area contributed by atoms with E-state index in [1.165, 1.54) is 18.2 Å². The Morgan fingerprint density at radius 2 is 2.00 bits per heavy atom. The van der Waals surface area contributed by atoms with Crippen LogP contribution in [0.4, 0.5) is 4.39 Å². The molecule has 0 spiro atoms. The molecule has 0 saturated carbocycles. The van der Waals surface area contributed by atoms with Crippen LogP contribution in [0.2, 0.25) is 5.02 Å². The Hall–Kier alpha value is -2.33. The van der Waals surface area contributed by atoms with Crippen molar-refractivity contribution in [1.82, 2.24) is 10.3 Å². The smallest absolute Gasteiger partial charge is 0.256 e. The molecular weight excluding hydrogens is 291 g/mol. The molecule has 21 heavy (non-hydrogen) atoms. The summed E-state index contributed by atoms with van der Waals surface area (Å²) in [7, 11) is 0. The number of nitrogens with one attached hydrogen (secondary N) is 2. The molecule has 0 radical (unpaired) electrons. The van der Waals surface area contributed by atoms with Crippen molar-refractivity contribution in [2.24, 2.45) is 0 Å². The van der Waals surface area contributed by atoms with Crippen molar-refractivity contribution in [3.8, 4) is 0 Å². The third-order valence-corrected chi connectivity index (χ3v) is 3.62. The van der Waals surface area contributed by atoms with Gasteiger partial charge in [-0.25, -0.2) is 4.39 Å². The summed E-state index contributed by atoms with van der Waals surface area (Å²) in [6.07, 6.45) is 1.83. The van der Waals surface area contributed by atoms with Gasteiger partial charge in [0.1, 0.15) is 5.82 Å². The summed E-state index contributed by atoms with van der Waals surface area (Å²) in [6.45, 7) is 0.299. The molecule has 2 N–H and O–H groups in total. The van der Waals surface area contributed by atoms with Crippen molar-refractivity contribution < 1.29 is 9.18 Å². The molecule has 0 aliphatic heterocycles. The van der Waals surface area contributed by atoms with Gasteiger partial charge in [0, 0.05) is 23.6 Å². The number of halogens is 2. The van der Waals surface area contributed by atoms with Crippen LogP contribution in [-0.4, -0.2) is 10.9 Å². The van der Waals surface area contributed by atoms with Crippen LogP contribution in [0.1, 0.15) is 15.9 Å². The molecule has 0 fully saturated rings. The van der Waals surface area contributed by atoms with Gasteiger partial charge in [0.05, 0.1) is 10.6 Å². The molecule has 3 aromatic rings. The number of hydrogen-bond donors (Lipinski definition) is 2. The Balaban J connectivity index is 1.80. The SMILES string of the molecule is O=C(NCc1c[nH]c2ccccc12)c1c(F)cccc1Cl. The lowest BCUT2D eigenvalue weighted by molar-refractivity contribution is 0.0947. The van der Waals surface area contributed by atoms with Crippen LogP contribution in [0.15, 0.2) is 48.7 Å². The van der Waals surface area contributed by atoms with Gasteiger partial charge in [-0.2, -0.15) is 0 Å². The third-order valence-electron chi connectivity index (χ3n) is 3.30. The molecule has 3 nitrogen and oxygen atoms in total. The first kappa shape index (κ1) is 13.6. The highest BCUT2D eigenvalue weighted by atomic mass is 35.5. The second-order valence-electron chi connectivity index (χ2n) is 4.64. The van der Waals surface area contributed by atoms with Gasteiger partial charge < -0.3 is 10.3 Å². The molecular formula is C16H12ClFN2O. The van der Waals surface area contributed by atoms with Gasteiger partial charge >= 0.3 is 0 Å². The Kier molecular flexibility index (Phi) is 3.62. The topological polar surface area (TPSA) is 44.9 Å². The summed E-state index contributed by atoms with van der Waals surface area (Å²) in [6, 6.07) is 11.9. The van der Waals surface area contributed by atoms with E-state index in [-0.39, 0.29) is 10.6 Å². The fourth-order valence-electron chi connectivity index (χ4n) is 2.26. The average molecular weight is 303 g/mol. The van der Waals surface area contributed by atoms with Crippen LogP contribution in [0.5, 0.6) is 0 Å². The summed E-state index contributed by atoms with van der Waals surface area (Å²) in [5.41, 5.74) is 1.80. The quantitative estimate of drug-likeness (QED) is 0.757. The number of aromatic nitrogens is 1. The number of amides is 1. The Morgan fingerprint density at radius 3 is 2.81 bits per heavy atom. The van der Waals surface area contributed by atoms with Gasteiger partial charge in [0.25, 0.3) is 5.91 Å². The molecule has 2 aromatic carbocycles. The highest BCUT2D eigenvalue weighted by molar-refractivity contribution is 6.33. The highest BCUT2D eigenvalue weighted by Gasteiger charge is 2.15. The van der Waals surface area contributed by atoms with Crippen molar-refractivity contribution in [2.75, 3.05) is 0 Å². The standard InChI is InChI=1S/C16H12ClFN2O/c17-12-5-3-6-13(18)15(12)16(21)20-9-10-8-19-14-7-2-1-4-11(10)14/h1-8,19H,9H2,(H,20,21). The van der Waals surface area contributed by atoms with Crippen LogP contribution in [-0.2, 0) is 6.54 Å². The van der Waals surface area contributed by atoms with Crippen LogP contribution in [0.25, 0.3) is 10.9 Å². The zero-order valence-corrected chi connectivity index (χ0v) is 11.7. The maximum Gasteiger partial charge on any atom is 0.256 e. The second-order valence-corrected chi connectivity index (χ2v) is 5.05. The van der Waals surface area contributed by atoms with E-state index in [4.69, 9.17) is 11.6 Å². The normalized spacial score (nSPS) is 10.8. The van der Waals surface area contributed by atoms with E-state index in [0.29, 0.717) is 6.54 Å². The van der Waals surface area contributed by atoms with E-state index in [2.05, 4.69) is 10.3 Å². The van der Waals surface area contributed by atoms with E-state index < -0.39 is 11.7 Å². The fraction of sp³-hybridized carbons (Fsp3) is 0.0625. The lowest BCUT2D eigenvalue weighted by atomic mass is 10.1. The minimum Gasteiger partial charge on any atom is -0.361 e. The van der Waals surface area contributed by atoms with E-state index in [0.717, 1.165) is 16.5 Å². The average Bonchev–Trinajstić information content (AvgIpc) is 2.88. The van der Waals surface area contributed by atoms with Crippen LogP contribution < -0.4 is 5.32 Å². The monoisotopic (exact) mass is 302 g/mol. The van der Waals surface area contributed by atoms with Crippen LogP contribution in [0.3, 0.4) is 0 Å². The predicted molar refractivity (Wildman–Crippen MR) is 80.9 cm³/mol. The number of aromatic amines is 1. The van der Waals surface area contributed by atoms with Gasteiger partial charge in [-0.1, -0.05) is 35.9 Å². The van der Waals surface area contributed by atoms with Gasteiger partial charge in [0.2, 0.25) is 0 Å². The number of carbonyl (C=O) groups is 1. The zero-order valence-electron chi connectivity index (χ0n) is 11.0. The highest BCUT2D eigenvalue weighted by Crippen LogP contribution is 2.20. The largest absolute Gasteiger partial charge is 0.361 e. The number of para-hydroxylation sites is 1. The number of carbonyl (C=O) groups excluding carboxylic acids is 1. The lowest BCUT2D eigenvalue weighted by Crippen LogP contribution is -2.24. The molecule has 1 amide bonds. The predicted octanol–water partition coefficient (Wildman–Crippen LogP) is 3.89. The Bertz CT molecular complexity index is 793. The van der Waals surface area contributed by atoms with Crippen molar-refractivity contribution in [1.29, 1.82) is 0 Å². The van der Waals surface area contributed by atoms with Crippen molar-refractivity contribution in [2.45, 2.75) is 6.54 Å². The Morgan fingerprint density at radius 1 is 1.19 bits per heavy atom. The molecule has 0 aliphatic carbocycles. The molecule has 3 rings (SSSR count). The van der Waals surface area contributed by atoms with E-state index in [1.807, 2.05) is 30.5 Å². The lowest BCUT2D eigenvalue weighted by Gasteiger charge is -2.07. The van der Waals surface area contributed by atoms with Gasteiger partial charge in [0.15, 0.2) is 0 Å². The molecule has 5 heteroatoms. The molecule has 0 atom stereocenters. The number of rotatable bonds is 3. The maximum atomic E-state index is 13.7. The molecule has 0 unspecified atom stereocenters. The summed E-state index contributed by atoms with van der Waals surface area (Å²) in [4.78, 5) is 15.2. The first-order valence-corrected chi connectivity index (χ1v) is 6.82. The van der Waals surface area contributed by atoms with Crippen LogP contribution in [0, 0.1) is 5.82 Å². The first-order chi connectivity index (χ1) is 10.2. The van der Waals surface area contributed by atoms with Gasteiger partial charge in [-0.05, 0) is 23.8 Å². The summed E-state index contributed by atoms with van der Waals surface area (Å²) < 4.78 is 13.7. The van der Waals surface area contributed by atoms with Gasteiger partial charge in [-0.15, -0.1) is 0 Å². The number of hydrogen-bond acceptors (Lipinski definition) is 1. The number of fused-ring (bicyclic) bond motifs is 1. The molecule has 0 bridgehead atoms.